The summed E-state index contributed by atoms with van der Waals surface area (Å²) in [5.74, 6) is -14.7. The summed E-state index contributed by atoms with van der Waals surface area (Å²) in [5.41, 5.74) is -32.9. The van der Waals surface area contributed by atoms with Crippen molar-refractivity contribution in [3.05, 3.63) is 119 Å². The molecule has 1 aliphatic rings. The second-order valence-corrected chi connectivity index (χ2v) is 10.6. The van der Waals surface area contributed by atoms with Crippen LogP contribution in [0, 0.1) is 114 Å². The molecule has 0 aliphatic heterocycles. The minimum Gasteiger partial charge on any atom is -0.205 e. The van der Waals surface area contributed by atoms with Gasteiger partial charge in [-0.1, -0.05) is 0 Å². The van der Waals surface area contributed by atoms with Gasteiger partial charge in [0.1, 0.15) is 64.7 Å². The van der Waals surface area contributed by atoms with Crippen molar-refractivity contribution in [1.29, 1.82) is 36.8 Å². The van der Waals surface area contributed by atoms with Crippen LogP contribution in [-0.4, -0.2) is 0 Å². The highest BCUT2D eigenvalue weighted by Crippen LogP contribution is 2.59. The molecule has 7 nitrogen and oxygen atoms in total. The van der Waals surface area contributed by atoms with Crippen LogP contribution in [0.4, 0.5) is 65.9 Å². The Morgan fingerprint density at radius 1 is 0.375 bits per heavy atom. The third-order valence-electron chi connectivity index (χ3n) is 7.69. The molecule has 0 bridgehead atoms. The number of benzene rings is 3. The molecule has 1 aliphatic carbocycles. The fourth-order valence-electron chi connectivity index (χ4n) is 5.35. The second kappa shape index (κ2) is 13.9. The Balaban J connectivity index is 2.50. The molecular formula is C34H2F15N7. The van der Waals surface area contributed by atoms with E-state index in [4.69, 9.17) is 10.5 Å². The van der Waals surface area contributed by atoms with E-state index in [1.54, 1.807) is 0 Å². The third-order valence-corrected chi connectivity index (χ3v) is 7.69. The van der Waals surface area contributed by atoms with Crippen LogP contribution >= 0.6 is 0 Å². The van der Waals surface area contributed by atoms with E-state index < -0.39 is 155 Å². The van der Waals surface area contributed by atoms with Gasteiger partial charge in [-0.05, 0) is 12.1 Å². The van der Waals surface area contributed by atoms with Gasteiger partial charge in [-0.15, -0.1) is 0 Å². The molecule has 0 unspecified atom stereocenters. The van der Waals surface area contributed by atoms with Crippen LogP contribution in [0.3, 0.4) is 0 Å². The van der Waals surface area contributed by atoms with Gasteiger partial charge in [-0.3, -0.25) is 0 Å². The highest BCUT2D eigenvalue weighted by Gasteiger charge is 2.50. The maximum atomic E-state index is 15.6. The number of nitriles is 7. The van der Waals surface area contributed by atoms with Gasteiger partial charge in [0.15, 0.2) is 34.9 Å². The van der Waals surface area contributed by atoms with E-state index in [2.05, 4.69) is 0 Å². The van der Waals surface area contributed by atoms with Crippen molar-refractivity contribution in [1.82, 2.24) is 0 Å². The summed E-state index contributed by atoms with van der Waals surface area (Å²) in [4.78, 5) is 0. The molecule has 0 radical (unpaired) electrons. The average Bonchev–Trinajstić information content (AvgIpc) is 3.83. The lowest BCUT2D eigenvalue weighted by Crippen LogP contribution is -2.19. The lowest BCUT2D eigenvalue weighted by molar-refractivity contribution is -0.148. The molecule has 0 spiro atoms. The fourth-order valence-corrected chi connectivity index (χ4v) is 5.35. The predicted octanol–water partition coefficient (Wildman–Crippen LogP) is 9.31. The molecule has 0 atom stereocenters. The summed E-state index contributed by atoms with van der Waals surface area (Å²) in [6.45, 7) is 0. The van der Waals surface area contributed by atoms with Crippen molar-refractivity contribution >= 4 is 16.7 Å². The summed E-state index contributed by atoms with van der Waals surface area (Å²) in [6.07, 6.45) is -18.5. The Kier molecular flexibility index (Phi) is 10.2. The van der Waals surface area contributed by atoms with Crippen molar-refractivity contribution in [2.45, 2.75) is 18.5 Å². The highest BCUT2D eigenvalue weighted by molar-refractivity contribution is 6.12. The van der Waals surface area contributed by atoms with Crippen molar-refractivity contribution in [3.8, 4) is 42.5 Å². The molecule has 0 N–H and O–H groups in total. The Bertz CT molecular complexity index is 2570. The van der Waals surface area contributed by atoms with Crippen LogP contribution in [0.5, 0.6) is 0 Å². The monoisotopic (exact) mass is 793 g/mol. The van der Waals surface area contributed by atoms with E-state index in [1.807, 2.05) is 0 Å². The van der Waals surface area contributed by atoms with E-state index in [0.717, 1.165) is 42.5 Å². The molecule has 3 aromatic rings. The quantitative estimate of drug-likeness (QED) is 0.145. The van der Waals surface area contributed by atoms with Crippen molar-refractivity contribution in [2.24, 2.45) is 0 Å². The van der Waals surface area contributed by atoms with Crippen molar-refractivity contribution in [2.75, 3.05) is 0 Å². The summed E-state index contributed by atoms with van der Waals surface area (Å²) >= 11 is 0. The largest absolute Gasteiger partial charge is 0.417 e. The molecule has 3 aromatic carbocycles. The molecule has 22 heteroatoms. The number of halogens is 15. The molecule has 0 heterocycles. The minimum atomic E-state index is -6.27. The summed E-state index contributed by atoms with van der Waals surface area (Å²) in [5, 5.41) is 66.9. The van der Waals surface area contributed by atoms with Gasteiger partial charge >= 0.3 is 18.5 Å². The summed E-state index contributed by atoms with van der Waals surface area (Å²) in [6, 6.07) is 4.31. The van der Waals surface area contributed by atoms with E-state index in [-0.39, 0.29) is 0 Å². The van der Waals surface area contributed by atoms with Gasteiger partial charge in [0.05, 0.1) is 44.5 Å². The summed E-state index contributed by atoms with van der Waals surface area (Å²) < 4.78 is 219. The number of nitrogens with zero attached hydrogens (tertiary/aromatic N) is 7. The molecule has 4 rings (SSSR count). The normalized spacial score (nSPS) is 15.2. The third kappa shape index (κ3) is 6.34. The first kappa shape index (κ1) is 41.0. The molecular weight excluding hydrogens is 791 g/mol. The van der Waals surface area contributed by atoms with Gasteiger partial charge in [0, 0.05) is 22.3 Å². The number of allylic oxidation sites excluding steroid dienone is 6. The molecule has 0 aromatic heterocycles. The van der Waals surface area contributed by atoms with E-state index >= 15 is 17.6 Å². The SMILES string of the molecule is N#CC(=C1C(=C(\C#N)c2c(C(F)(F)F)cc(C(F)(F)F)cc2C(F)(F)F)/C1=C(\C#N)c1c(F)c(F)c(C#N)c(C#N)c1F)c1c(F)c(F)c(C#N)c(C#N)c1F. The van der Waals surface area contributed by atoms with Crippen LogP contribution in [0.1, 0.15) is 55.6 Å². The van der Waals surface area contributed by atoms with Gasteiger partial charge in [-0.25, -0.2) is 26.3 Å². The maximum Gasteiger partial charge on any atom is 0.417 e. The average molecular weight is 793 g/mol. The second-order valence-electron chi connectivity index (χ2n) is 10.6. The van der Waals surface area contributed by atoms with Crippen LogP contribution in [0.25, 0.3) is 16.7 Å². The first-order valence-corrected chi connectivity index (χ1v) is 13.8. The van der Waals surface area contributed by atoms with Crippen molar-refractivity contribution < 1.29 is 65.9 Å². The predicted molar refractivity (Wildman–Crippen MR) is 151 cm³/mol. The van der Waals surface area contributed by atoms with Crippen LogP contribution in [-0.2, 0) is 18.5 Å². The molecule has 1 fully saturated rings. The lowest BCUT2D eigenvalue weighted by Gasteiger charge is -2.21. The fraction of sp³-hybridized carbons (Fsp3) is 0.0882. The van der Waals surface area contributed by atoms with Gasteiger partial charge in [0.25, 0.3) is 0 Å². The summed E-state index contributed by atoms with van der Waals surface area (Å²) in [7, 11) is 0. The Labute approximate surface area is 300 Å². The van der Waals surface area contributed by atoms with Gasteiger partial charge < -0.3 is 0 Å². The molecule has 0 amide bonds. The first-order valence-electron chi connectivity index (χ1n) is 13.8. The maximum absolute atomic E-state index is 15.6. The Morgan fingerprint density at radius 3 is 0.875 bits per heavy atom. The van der Waals surface area contributed by atoms with Crippen LogP contribution in [0.15, 0.2) is 28.9 Å². The number of hydrogen-bond acceptors (Lipinski definition) is 7. The number of alkyl halides is 9. The Hall–Kier alpha value is -7.74. The zero-order chi connectivity index (χ0) is 42.6. The van der Waals surface area contributed by atoms with Crippen LogP contribution in [0.2, 0.25) is 0 Å². The molecule has 56 heavy (non-hydrogen) atoms. The van der Waals surface area contributed by atoms with E-state index in [9.17, 15) is 74.6 Å². The molecule has 1 saturated carbocycles. The minimum absolute atomic E-state index is 0.744. The Morgan fingerprint density at radius 2 is 0.643 bits per heavy atom. The van der Waals surface area contributed by atoms with Crippen LogP contribution < -0.4 is 0 Å². The van der Waals surface area contributed by atoms with Crippen molar-refractivity contribution in [3.63, 3.8) is 0 Å². The lowest BCUT2D eigenvalue weighted by atomic mass is 9.90. The number of hydrogen-bond donors (Lipinski definition) is 0. The standard InChI is InChI=1S/C34H2F15N7/c35-26-11(3-50)13(5-52)28(37)30(39)24(26)16(8-55)22-21(23(22)17(9-56)25-27(36)12(4-51)14(6-53)29(38)31(25)40)15(7-54)20-18(33(44,45)46)1-10(32(41,42)43)2-19(20)34(47,48)49/h1-2H/b21-15-,22-16?,23-17-. The topological polar surface area (TPSA) is 167 Å². The first-order chi connectivity index (χ1) is 25.9. The number of rotatable bonds is 3. The van der Waals surface area contributed by atoms with E-state index in [0.29, 0.717) is 0 Å². The van der Waals surface area contributed by atoms with Gasteiger partial charge in [-0.2, -0.15) is 76.3 Å². The molecule has 278 valence electrons. The highest BCUT2D eigenvalue weighted by atomic mass is 19.4. The zero-order valence-electron chi connectivity index (χ0n) is 26.0. The smallest absolute Gasteiger partial charge is 0.205 e. The molecule has 0 saturated heterocycles. The zero-order valence-corrected chi connectivity index (χ0v) is 26.0. The van der Waals surface area contributed by atoms with E-state index in [1.165, 1.54) is 0 Å². The van der Waals surface area contributed by atoms with Gasteiger partial charge in [0.2, 0.25) is 0 Å².